The molecule has 2 aromatic rings. The Labute approximate surface area is 183 Å². The van der Waals surface area contributed by atoms with E-state index in [1.807, 2.05) is 36.4 Å². The topological polar surface area (TPSA) is 61.8 Å². The standard InChI is InChI=1S/C26H28N2O3/c1-31-20-10-7-17(8-11-20)5-6-18-9-12-23-22(15-18)25-21(24(16-29)27-23)13-14-28(25)26(30)19-3-2-4-19/h7-12,15,19,21,24-25,27,29H,2-4,13-14,16H2,1H3/t21-,24-,25-/m1/s1. The van der Waals surface area contributed by atoms with Crippen molar-refractivity contribution < 1.29 is 14.6 Å². The van der Waals surface area contributed by atoms with Crippen molar-refractivity contribution in [2.24, 2.45) is 11.8 Å². The lowest BCUT2D eigenvalue weighted by atomic mass is 9.81. The lowest BCUT2D eigenvalue weighted by molar-refractivity contribution is -0.139. The molecule has 2 N–H and O–H groups in total. The number of carbonyl (C=O) groups is 1. The average Bonchev–Trinajstić information content (AvgIpc) is 3.22. The summed E-state index contributed by atoms with van der Waals surface area (Å²) >= 11 is 0. The van der Waals surface area contributed by atoms with Gasteiger partial charge < -0.3 is 20.1 Å². The van der Waals surface area contributed by atoms with Gasteiger partial charge in [0.25, 0.3) is 0 Å². The lowest BCUT2D eigenvalue weighted by Crippen LogP contribution is -2.45. The maximum atomic E-state index is 13.1. The average molecular weight is 417 g/mol. The van der Waals surface area contributed by atoms with Crippen molar-refractivity contribution in [3.05, 3.63) is 59.2 Å². The fraction of sp³-hybridized carbons (Fsp3) is 0.423. The zero-order chi connectivity index (χ0) is 21.4. The number of benzene rings is 2. The minimum absolute atomic E-state index is 0.0178. The third-order valence-corrected chi connectivity index (χ3v) is 7.05. The molecule has 2 aliphatic heterocycles. The van der Waals surface area contributed by atoms with Gasteiger partial charge in [0.05, 0.1) is 25.8 Å². The predicted molar refractivity (Wildman–Crippen MR) is 120 cm³/mol. The Balaban J connectivity index is 1.46. The molecule has 1 aliphatic carbocycles. The first-order chi connectivity index (χ1) is 15.2. The molecule has 160 valence electrons. The molecule has 2 aromatic carbocycles. The van der Waals surface area contributed by atoms with Gasteiger partial charge in [-0.05, 0) is 67.3 Å². The summed E-state index contributed by atoms with van der Waals surface area (Å²) < 4.78 is 5.21. The van der Waals surface area contributed by atoms with Crippen LogP contribution in [0, 0.1) is 23.7 Å². The van der Waals surface area contributed by atoms with Gasteiger partial charge in [-0.3, -0.25) is 4.79 Å². The fourth-order valence-corrected chi connectivity index (χ4v) is 5.10. The number of hydrogen-bond donors (Lipinski definition) is 2. The van der Waals surface area contributed by atoms with Gasteiger partial charge in [-0.2, -0.15) is 0 Å². The molecular weight excluding hydrogens is 388 g/mol. The van der Waals surface area contributed by atoms with Crippen LogP contribution < -0.4 is 10.1 Å². The van der Waals surface area contributed by atoms with E-state index in [1.165, 1.54) is 0 Å². The second kappa shape index (κ2) is 8.28. The number of rotatable bonds is 3. The Morgan fingerprint density at radius 2 is 1.87 bits per heavy atom. The quantitative estimate of drug-likeness (QED) is 0.751. The van der Waals surface area contributed by atoms with E-state index in [9.17, 15) is 9.90 Å². The minimum Gasteiger partial charge on any atom is -0.497 e. The van der Waals surface area contributed by atoms with E-state index >= 15 is 0 Å². The number of anilines is 1. The first-order valence-electron chi connectivity index (χ1n) is 11.2. The third-order valence-electron chi connectivity index (χ3n) is 7.05. The highest BCUT2D eigenvalue weighted by molar-refractivity contribution is 5.81. The number of methoxy groups -OCH3 is 1. The van der Waals surface area contributed by atoms with Gasteiger partial charge in [0, 0.05) is 35.2 Å². The van der Waals surface area contributed by atoms with Crippen LogP contribution in [0.2, 0.25) is 0 Å². The molecule has 0 bridgehead atoms. The Bertz CT molecular complexity index is 1030. The summed E-state index contributed by atoms with van der Waals surface area (Å²) in [4.78, 5) is 15.2. The van der Waals surface area contributed by atoms with Crippen LogP contribution in [0.15, 0.2) is 42.5 Å². The Morgan fingerprint density at radius 1 is 1.13 bits per heavy atom. The molecule has 5 rings (SSSR count). The molecule has 0 aromatic heterocycles. The van der Waals surface area contributed by atoms with Crippen molar-refractivity contribution >= 4 is 11.6 Å². The Kier molecular flexibility index (Phi) is 5.33. The van der Waals surface area contributed by atoms with Gasteiger partial charge in [0.15, 0.2) is 0 Å². The van der Waals surface area contributed by atoms with Gasteiger partial charge in [-0.25, -0.2) is 0 Å². The van der Waals surface area contributed by atoms with Crippen molar-refractivity contribution in [3.8, 4) is 17.6 Å². The van der Waals surface area contributed by atoms with Gasteiger partial charge >= 0.3 is 0 Å². The highest BCUT2D eigenvalue weighted by Crippen LogP contribution is 2.48. The van der Waals surface area contributed by atoms with Crippen LogP contribution in [0.4, 0.5) is 5.69 Å². The van der Waals surface area contributed by atoms with Crippen molar-refractivity contribution in [1.29, 1.82) is 0 Å². The molecule has 1 saturated heterocycles. The van der Waals surface area contributed by atoms with Crippen LogP contribution in [0.25, 0.3) is 0 Å². The molecule has 2 heterocycles. The van der Waals surface area contributed by atoms with Crippen molar-refractivity contribution in [3.63, 3.8) is 0 Å². The monoisotopic (exact) mass is 416 g/mol. The number of nitrogens with zero attached hydrogens (tertiary/aromatic N) is 1. The third kappa shape index (κ3) is 3.66. The molecular formula is C26H28N2O3. The first-order valence-corrected chi connectivity index (χ1v) is 11.2. The molecule has 3 aliphatic rings. The van der Waals surface area contributed by atoms with Crippen molar-refractivity contribution in [2.45, 2.75) is 37.8 Å². The number of amides is 1. The minimum atomic E-state index is -0.0204. The van der Waals surface area contributed by atoms with Crippen LogP contribution >= 0.6 is 0 Å². The second-order valence-corrected chi connectivity index (χ2v) is 8.77. The summed E-state index contributed by atoms with van der Waals surface area (Å²) in [5.41, 5.74) is 3.99. The summed E-state index contributed by atoms with van der Waals surface area (Å²) in [6.45, 7) is 0.842. The summed E-state index contributed by atoms with van der Waals surface area (Å²) in [5.74, 6) is 8.01. The van der Waals surface area contributed by atoms with E-state index in [1.54, 1.807) is 7.11 Å². The van der Waals surface area contributed by atoms with Gasteiger partial charge in [0.1, 0.15) is 5.75 Å². The summed E-state index contributed by atoms with van der Waals surface area (Å²) in [6.07, 6.45) is 4.09. The predicted octanol–water partition coefficient (Wildman–Crippen LogP) is 3.57. The van der Waals surface area contributed by atoms with Gasteiger partial charge in [0.2, 0.25) is 5.91 Å². The lowest BCUT2D eigenvalue weighted by Gasteiger charge is -2.41. The van der Waals surface area contributed by atoms with E-state index in [0.29, 0.717) is 0 Å². The van der Waals surface area contributed by atoms with Crippen LogP contribution in [-0.4, -0.2) is 42.2 Å². The normalized spacial score (nSPS) is 24.2. The number of aliphatic hydroxyl groups is 1. The molecule has 2 fully saturated rings. The molecule has 0 spiro atoms. The van der Waals surface area contributed by atoms with E-state index < -0.39 is 0 Å². The number of ether oxygens (including phenoxy) is 1. The van der Waals surface area contributed by atoms with Crippen LogP contribution in [0.5, 0.6) is 5.75 Å². The second-order valence-electron chi connectivity index (χ2n) is 8.77. The molecule has 3 atom stereocenters. The first kappa shape index (κ1) is 20.0. The highest BCUT2D eigenvalue weighted by atomic mass is 16.5. The molecule has 0 unspecified atom stereocenters. The molecule has 5 nitrogen and oxygen atoms in total. The largest absolute Gasteiger partial charge is 0.497 e. The Morgan fingerprint density at radius 3 is 2.55 bits per heavy atom. The van der Waals surface area contributed by atoms with E-state index in [4.69, 9.17) is 4.74 Å². The number of nitrogens with one attached hydrogen (secondary N) is 1. The van der Waals surface area contributed by atoms with Crippen LogP contribution in [0.3, 0.4) is 0 Å². The molecule has 31 heavy (non-hydrogen) atoms. The van der Waals surface area contributed by atoms with E-state index in [-0.39, 0.29) is 36.4 Å². The summed E-state index contributed by atoms with van der Waals surface area (Å²) in [7, 11) is 1.65. The zero-order valence-electron chi connectivity index (χ0n) is 17.8. The number of aliphatic hydroxyl groups excluding tert-OH is 1. The maximum Gasteiger partial charge on any atom is 0.226 e. The van der Waals surface area contributed by atoms with Gasteiger partial charge in [-0.1, -0.05) is 18.3 Å². The van der Waals surface area contributed by atoms with Crippen LogP contribution in [0.1, 0.15) is 48.4 Å². The molecule has 1 saturated carbocycles. The van der Waals surface area contributed by atoms with E-state index in [0.717, 1.165) is 60.4 Å². The van der Waals surface area contributed by atoms with Crippen molar-refractivity contribution in [1.82, 2.24) is 4.90 Å². The SMILES string of the molecule is COc1ccc(C#Cc2ccc3c(c2)[C@H]2[C@H](CCN2C(=O)C2CCC2)[C@@H](CO)N3)cc1. The fourth-order valence-electron chi connectivity index (χ4n) is 5.10. The van der Waals surface area contributed by atoms with Gasteiger partial charge in [-0.15, -0.1) is 0 Å². The summed E-state index contributed by atoms with van der Waals surface area (Å²) in [5, 5.41) is 13.5. The number of likely N-dealkylation sites (tertiary alicyclic amines) is 1. The molecule has 5 heteroatoms. The van der Waals surface area contributed by atoms with Crippen molar-refractivity contribution in [2.75, 3.05) is 25.6 Å². The highest BCUT2D eigenvalue weighted by Gasteiger charge is 2.47. The van der Waals surface area contributed by atoms with E-state index in [2.05, 4.69) is 28.1 Å². The number of hydrogen-bond acceptors (Lipinski definition) is 4. The zero-order valence-corrected chi connectivity index (χ0v) is 17.8. The van der Waals surface area contributed by atoms with Crippen LogP contribution in [-0.2, 0) is 4.79 Å². The number of fused-ring (bicyclic) bond motifs is 3. The maximum absolute atomic E-state index is 13.1. The molecule has 1 amide bonds. The molecule has 0 radical (unpaired) electrons. The Hall–Kier alpha value is -2.97. The summed E-state index contributed by atoms with van der Waals surface area (Å²) in [6, 6.07) is 13.9. The smallest absolute Gasteiger partial charge is 0.226 e. The number of carbonyl (C=O) groups excluding carboxylic acids is 1.